The third-order valence-electron chi connectivity index (χ3n) is 3.27. The van der Waals surface area contributed by atoms with E-state index in [2.05, 4.69) is 12.2 Å². The molecule has 1 fully saturated rings. The van der Waals surface area contributed by atoms with Crippen molar-refractivity contribution in [2.75, 3.05) is 18.5 Å². The van der Waals surface area contributed by atoms with Gasteiger partial charge in [0, 0.05) is 12.0 Å². The van der Waals surface area contributed by atoms with Crippen LogP contribution in [0, 0.1) is 11.8 Å². The predicted molar refractivity (Wildman–Crippen MR) is 74.7 cm³/mol. The van der Waals surface area contributed by atoms with Crippen LogP contribution in [0.1, 0.15) is 27.2 Å². The molecule has 2 atom stereocenters. The van der Waals surface area contributed by atoms with Crippen LogP contribution in [-0.2, 0) is 4.79 Å². The van der Waals surface area contributed by atoms with Gasteiger partial charge < -0.3 is 14.8 Å². The Morgan fingerprint density at radius 3 is 2.58 bits per heavy atom. The lowest BCUT2D eigenvalue weighted by molar-refractivity contribution is -0.117. The van der Waals surface area contributed by atoms with Gasteiger partial charge in [0.1, 0.15) is 11.5 Å². The summed E-state index contributed by atoms with van der Waals surface area (Å²) in [6, 6.07) is 5.50. The molecule has 0 aliphatic heterocycles. The number of anilines is 1. The van der Waals surface area contributed by atoms with E-state index in [1.165, 1.54) is 0 Å². The minimum atomic E-state index is 0.0714. The van der Waals surface area contributed by atoms with Gasteiger partial charge in [0.25, 0.3) is 0 Å². The Bertz CT molecular complexity index is 459. The van der Waals surface area contributed by atoms with Crippen LogP contribution in [0.15, 0.2) is 18.2 Å². The topological polar surface area (TPSA) is 47.6 Å². The highest BCUT2D eigenvalue weighted by molar-refractivity contribution is 5.95. The Morgan fingerprint density at radius 1 is 1.32 bits per heavy atom. The molecule has 19 heavy (non-hydrogen) atoms. The average Bonchev–Trinajstić information content (AvgIpc) is 3.10. The number of benzene rings is 1. The highest BCUT2D eigenvalue weighted by Crippen LogP contribution is 2.39. The molecule has 4 nitrogen and oxygen atoms in total. The summed E-state index contributed by atoms with van der Waals surface area (Å²) in [4.78, 5) is 12.0. The van der Waals surface area contributed by atoms with Gasteiger partial charge in [-0.2, -0.15) is 0 Å². The molecule has 0 radical (unpaired) electrons. The summed E-state index contributed by atoms with van der Waals surface area (Å²) in [6.45, 7) is 7.10. The highest BCUT2D eigenvalue weighted by atomic mass is 16.5. The lowest BCUT2D eigenvalue weighted by Crippen LogP contribution is -2.15. The Morgan fingerprint density at radius 2 is 2.00 bits per heavy atom. The van der Waals surface area contributed by atoms with E-state index in [4.69, 9.17) is 9.47 Å². The highest BCUT2D eigenvalue weighted by Gasteiger charge is 2.39. The van der Waals surface area contributed by atoms with Crippen molar-refractivity contribution in [3.05, 3.63) is 18.2 Å². The second-order valence-corrected chi connectivity index (χ2v) is 4.83. The largest absolute Gasteiger partial charge is 0.494 e. The Labute approximate surface area is 114 Å². The molecule has 1 saturated carbocycles. The molecule has 0 bridgehead atoms. The lowest BCUT2D eigenvalue weighted by Gasteiger charge is -2.13. The van der Waals surface area contributed by atoms with Crippen LogP contribution in [0.4, 0.5) is 5.69 Å². The second kappa shape index (κ2) is 5.95. The number of carbonyl (C=O) groups excluding carboxylic acids is 1. The number of hydrogen-bond donors (Lipinski definition) is 1. The van der Waals surface area contributed by atoms with Gasteiger partial charge in [0.05, 0.1) is 18.9 Å². The number of rotatable bonds is 6. The normalized spacial score (nSPS) is 20.8. The molecule has 0 saturated heterocycles. The van der Waals surface area contributed by atoms with Gasteiger partial charge in [-0.1, -0.05) is 6.92 Å². The molecule has 4 heteroatoms. The van der Waals surface area contributed by atoms with Crippen LogP contribution in [0.3, 0.4) is 0 Å². The van der Waals surface area contributed by atoms with Gasteiger partial charge >= 0.3 is 0 Å². The van der Waals surface area contributed by atoms with Gasteiger partial charge in [-0.3, -0.25) is 4.79 Å². The van der Waals surface area contributed by atoms with E-state index in [-0.39, 0.29) is 11.8 Å². The monoisotopic (exact) mass is 263 g/mol. The minimum absolute atomic E-state index is 0.0714. The molecule has 0 aromatic heterocycles. The van der Waals surface area contributed by atoms with Crippen LogP contribution in [0.2, 0.25) is 0 Å². The summed E-state index contributed by atoms with van der Waals surface area (Å²) in [7, 11) is 0. The summed E-state index contributed by atoms with van der Waals surface area (Å²) < 4.78 is 11.0. The molecule has 0 spiro atoms. The maximum Gasteiger partial charge on any atom is 0.227 e. The van der Waals surface area contributed by atoms with Crippen molar-refractivity contribution in [3.8, 4) is 11.5 Å². The number of carbonyl (C=O) groups is 1. The van der Waals surface area contributed by atoms with E-state index in [0.29, 0.717) is 30.6 Å². The Hall–Kier alpha value is -1.71. The third kappa shape index (κ3) is 3.40. The molecule has 1 amide bonds. The molecule has 1 aliphatic rings. The number of nitrogens with one attached hydrogen (secondary N) is 1. The van der Waals surface area contributed by atoms with Crippen molar-refractivity contribution in [3.63, 3.8) is 0 Å². The predicted octanol–water partition coefficient (Wildman–Crippen LogP) is 3.08. The average molecular weight is 263 g/mol. The van der Waals surface area contributed by atoms with Gasteiger partial charge in [-0.05, 0) is 38.3 Å². The fourth-order valence-corrected chi connectivity index (χ4v) is 2.06. The molecule has 1 aromatic carbocycles. The molecule has 2 rings (SSSR count). The summed E-state index contributed by atoms with van der Waals surface area (Å²) in [5, 5.41) is 2.94. The van der Waals surface area contributed by atoms with Crippen molar-refractivity contribution in [1.29, 1.82) is 0 Å². The SMILES string of the molecule is CCOc1ccc(OCC)c(NC(=O)C2CC2C)c1. The standard InChI is InChI=1S/C15H21NO3/c1-4-18-11-6-7-14(19-5-2)13(9-11)16-15(17)12-8-10(12)3/h6-7,9-10,12H,4-5,8H2,1-3H3,(H,16,17). The number of amides is 1. The van der Waals surface area contributed by atoms with Crippen LogP contribution >= 0.6 is 0 Å². The van der Waals surface area contributed by atoms with E-state index >= 15 is 0 Å². The summed E-state index contributed by atoms with van der Waals surface area (Å²) >= 11 is 0. The summed E-state index contributed by atoms with van der Waals surface area (Å²) in [5.74, 6) is 2.13. The quantitative estimate of drug-likeness (QED) is 0.858. The first-order valence-electron chi connectivity index (χ1n) is 6.86. The van der Waals surface area contributed by atoms with Crippen LogP contribution < -0.4 is 14.8 Å². The van der Waals surface area contributed by atoms with Crippen LogP contribution in [-0.4, -0.2) is 19.1 Å². The maximum atomic E-state index is 12.0. The molecule has 1 aromatic rings. The van der Waals surface area contributed by atoms with Gasteiger partial charge in [-0.25, -0.2) is 0 Å². The molecule has 0 heterocycles. The Balaban J connectivity index is 2.14. The van der Waals surface area contributed by atoms with Crippen molar-refractivity contribution in [1.82, 2.24) is 0 Å². The summed E-state index contributed by atoms with van der Waals surface area (Å²) in [5.41, 5.74) is 0.692. The lowest BCUT2D eigenvalue weighted by atomic mass is 10.2. The zero-order valence-corrected chi connectivity index (χ0v) is 11.7. The molecule has 104 valence electrons. The summed E-state index contributed by atoms with van der Waals surface area (Å²) in [6.07, 6.45) is 0.973. The zero-order chi connectivity index (χ0) is 13.8. The molecule has 1 N–H and O–H groups in total. The number of ether oxygens (including phenoxy) is 2. The van der Waals surface area contributed by atoms with Gasteiger partial charge in [0.15, 0.2) is 0 Å². The Kier molecular flexibility index (Phi) is 4.30. The smallest absolute Gasteiger partial charge is 0.227 e. The van der Waals surface area contributed by atoms with Gasteiger partial charge in [0.2, 0.25) is 5.91 Å². The minimum Gasteiger partial charge on any atom is -0.494 e. The molecule has 2 unspecified atom stereocenters. The van der Waals surface area contributed by atoms with E-state index in [1.54, 1.807) is 0 Å². The zero-order valence-electron chi connectivity index (χ0n) is 11.7. The van der Waals surface area contributed by atoms with E-state index < -0.39 is 0 Å². The second-order valence-electron chi connectivity index (χ2n) is 4.83. The van der Waals surface area contributed by atoms with Crippen molar-refractivity contribution in [2.45, 2.75) is 27.2 Å². The molecule has 1 aliphatic carbocycles. The first-order chi connectivity index (χ1) is 9.15. The third-order valence-corrected chi connectivity index (χ3v) is 3.27. The molecular weight excluding hydrogens is 242 g/mol. The number of hydrogen-bond acceptors (Lipinski definition) is 3. The van der Waals surface area contributed by atoms with E-state index in [0.717, 1.165) is 12.2 Å². The fraction of sp³-hybridized carbons (Fsp3) is 0.533. The fourth-order valence-electron chi connectivity index (χ4n) is 2.06. The van der Waals surface area contributed by atoms with Crippen molar-refractivity contribution >= 4 is 11.6 Å². The first-order valence-corrected chi connectivity index (χ1v) is 6.86. The maximum absolute atomic E-state index is 12.0. The van der Waals surface area contributed by atoms with Gasteiger partial charge in [-0.15, -0.1) is 0 Å². The van der Waals surface area contributed by atoms with E-state index in [9.17, 15) is 4.79 Å². The van der Waals surface area contributed by atoms with Crippen molar-refractivity contribution < 1.29 is 14.3 Å². The van der Waals surface area contributed by atoms with E-state index in [1.807, 2.05) is 32.0 Å². The molecular formula is C15H21NO3. The first kappa shape index (κ1) is 13.7. The van der Waals surface area contributed by atoms with Crippen LogP contribution in [0.5, 0.6) is 11.5 Å². The van der Waals surface area contributed by atoms with Crippen molar-refractivity contribution in [2.24, 2.45) is 11.8 Å². The van der Waals surface area contributed by atoms with Crippen LogP contribution in [0.25, 0.3) is 0 Å².